The maximum atomic E-state index is 5.00. The lowest BCUT2D eigenvalue weighted by Gasteiger charge is -2.35. The van der Waals surface area contributed by atoms with Gasteiger partial charge < -0.3 is 4.57 Å². The molecule has 1 aliphatic rings. The molecule has 0 bridgehead atoms. The summed E-state index contributed by atoms with van der Waals surface area (Å²) >= 11 is 3.88. The Bertz CT molecular complexity index is 2400. The summed E-state index contributed by atoms with van der Waals surface area (Å²) < 4.78 is 3.58. The van der Waals surface area contributed by atoms with Crippen LogP contribution in [0.3, 0.4) is 0 Å². The number of hydrogen-bond donors (Lipinski definition) is 0. The first-order chi connectivity index (χ1) is 22.0. The highest BCUT2D eigenvalue weighted by Crippen LogP contribution is 2.50. The molecule has 0 saturated carbocycles. The van der Waals surface area contributed by atoms with Crippen LogP contribution < -0.4 is 0 Å². The summed E-state index contributed by atoms with van der Waals surface area (Å²) in [7, 11) is 0. The molecule has 5 heterocycles. The van der Waals surface area contributed by atoms with Crippen LogP contribution in [0.4, 0.5) is 0 Å². The van der Waals surface area contributed by atoms with Crippen LogP contribution in [0.25, 0.3) is 72.2 Å². The van der Waals surface area contributed by atoms with Gasteiger partial charge in [-0.2, -0.15) is 0 Å². The molecule has 1 aliphatic heterocycles. The molecule has 0 saturated heterocycles. The van der Waals surface area contributed by atoms with Gasteiger partial charge in [-0.15, -0.1) is 0 Å². The molecule has 4 nitrogen and oxygen atoms in total. The molecule has 5 heteroatoms. The van der Waals surface area contributed by atoms with Crippen molar-refractivity contribution in [1.29, 1.82) is 0 Å². The molecule has 9 rings (SSSR count). The first kappa shape index (κ1) is 26.3. The van der Waals surface area contributed by atoms with Gasteiger partial charge in [0.2, 0.25) is 0 Å². The van der Waals surface area contributed by atoms with Crippen molar-refractivity contribution < 1.29 is 0 Å². The highest BCUT2D eigenvalue weighted by atomic mass is 79.9. The third-order valence-electron chi connectivity index (χ3n) is 9.31. The lowest BCUT2D eigenvalue weighted by Crippen LogP contribution is -2.26. The highest BCUT2D eigenvalue weighted by molar-refractivity contribution is 9.10. The van der Waals surface area contributed by atoms with E-state index < -0.39 is 0 Å². The summed E-state index contributed by atoms with van der Waals surface area (Å²) in [4.78, 5) is 14.2. The van der Waals surface area contributed by atoms with Crippen LogP contribution in [0.1, 0.15) is 25.0 Å². The van der Waals surface area contributed by atoms with Crippen LogP contribution >= 0.6 is 15.9 Å². The zero-order chi connectivity index (χ0) is 30.3. The number of rotatable bonds is 3. The standard InChI is InChI=1S/C40H27BrN4/c1-40(2)30-19-25(26-20-34(32-11-5-7-17-42-32)44-35(21-26)33-12-6-8-18-43-33)14-15-36(30)45-37-16-13-24-9-3-4-10-28(24)38(37)29-22-27(41)23-31(40)39(29)45/h3-23H,1-2H3. The zero-order valence-corrected chi connectivity index (χ0v) is 26.4. The van der Waals surface area contributed by atoms with E-state index in [4.69, 9.17) is 4.98 Å². The Balaban J connectivity index is 1.32. The Morgan fingerprint density at radius 2 is 1.31 bits per heavy atom. The van der Waals surface area contributed by atoms with Crippen molar-refractivity contribution >= 4 is 48.5 Å². The molecule has 8 aromatic rings. The summed E-state index contributed by atoms with van der Waals surface area (Å²) in [5, 5.41) is 5.11. The fourth-order valence-corrected chi connectivity index (χ4v) is 7.61. The van der Waals surface area contributed by atoms with Crippen LogP contribution in [0.15, 0.2) is 132 Å². The number of halogens is 1. The van der Waals surface area contributed by atoms with E-state index in [1.807, 2.05) is 48.8 Å². The monoisotopic (exact) mass is 642 g/mol. The van der Waals surface area contributed by atoms with Crippen LogP contribution in [-0.4, -0.2) is 19.5 Å². The van der Waals surface area contributed by atoms with E-state index in [2.05, 4.69) is 123 Å². The smallest absolute Gasteiger partial charge is 0.0900 e. The molecule has 214 valence electrons. The predicted octanol–water partition coefficient (Wildman–Crippen LogP) is 10.5. The molecule has 0 unspecified atom stereocenters. The quantitative estimate of drug-likeness (QED) is 0.192. The Hall–Kier alpha value is -5.13. The van der Waals surface area contributed by atoms with Crippen molar-refractivity contribution in [2.24, 2.45) is 0 Å². The van der Waals surface area contributed by atoms with E-state index in [0.717, 1.165) is 38.4 Å². The van der Waals surface area contributed by atoms with Crippen LogP contribution in [0, 0.1) is 0 Å². The SMILES string of the molecule is CC1(C)c2cc(-c3cc(-c4ccccn4)nc(-c4ccccn4)c3)ccc2-n2c3ccc4ccccc4c3c3cc(Br)cc1c32. The Morgan fingerprint density at radius 1 is 0.600 bits per heavy atom. The second-order valence-electron chi connectivity index (χ2n) is 12.3. The molecule has 0 radical (unpaired) electrons. The molecule has 4 aromatic carbocycles. The van der Waals surface area contributed by atoms with Gasteiger partial charge in [0.1, 0.15) is 0 Å². The van der Waals surface area contributed by atoms with E-state index in [0.29, 0.717) is 0 Å². The van der Waals surface area contributed by atoms with Crippen LogP contribution in [0.5, 0.6) is 0 Å². The lowest BCUT2D eigenvalue weighted by molar-refractivity contribution is 0.630. The van der Waals surface area contributed by atoms with Gasteiger partial charge in [-0.1, -0.05) is 78.3 Å². The minimum atomic E-state index is -0.242. The minimum absolute atomic E-state index is 0.242. The average molecular weight is 644 g/mol. The van der Waals surface area contributed by atoms with Crippen LogP contribution in [-0.2, 0) is 5.41 Å². The number of benzene rings is 4. The molecule has 0 fully saturated rings. The Labute approximate surface area is 269 Å². The van der Waals surface area contributed by atoms with E-state index in [9.17, 15) is 0 Å². The summed E-state index contributed by atoms with van der Waals surface area (Å²) in [5.74, 6) is 0. The third kappa shape index (κ3) is 3.94. The summed E-state index contributed by atoms with van der Waals surface area (Å²) in [5.41, 5.74) is 11.6. The summed E-state index contributed by atoms with van der Waals surface area (Å²) in [6.07, 6.45) is 3.62. The van der Waals surface area contributed by atoms with Crippen molar-refractivity contribution in [3.63, 3.8) is 0 Å². The van der Waals surface area contributed by atoms with Gasteiger partial charge in [-0.05, 0) is 99.8 Å². The van der Waals surface area contributed by atoms with Gasteiger partial charge >= 0.3 is 0 Å². The summed E-state index contributed by atoms with van der Waals surface area (Å²) in [6, 6.07) is 40.9. The van der Waals surface area contributed by atoms with Gasteiger partial charge in [0.15, 0.2) is 0 Å². The van der Waals surface area contributed by atoms with Crippen molar-refractivity contribution in [3.05, 3.63) is 143 Å². The molecule has 0 spiro atoms. The van der Waals surface area contributed by atoms with Crippen molar-refractivity contribution in [2.45, 2.75) is 19.3 Å². The number of pyridine rings is 3. The molecular weight excluding hydrogens is 616 g/mol. The summed E-state index contributed by atoms with van der Waals surface area (Å²) in [6.45, 7) is 4.70. The topological polar surface area (TPSA) is 43.6 Å². The Kier molecular flexibility index (Phi) is 5.66. The van der Waals surface area contributed by atoms with Gasteiger partial charge in [0.05, 0.1) is 39.5 Å². The predicted molar refractivity (Wildman–Crippen MR) is 188 cm³/mol. The van der Waals surface area contributed by atoms with E-state index in [1.165, 1.54) is 49.4 Å². The number of fused-ring (bicyclic) bond motifs is 7. The maximum Gasteiger partial charge on any atom is 0.0900 e. The first-order valence-corrected chi connectivity index (χ1v) is 15.9. The van der Waals surface area contributed by atoms with E-state index >= 15 is 0 Å². The maximum absolute atomic E-state index is 5.00. The highest BCUT2D eigenvalue weighted by Gasteiger charge is 2.36. The van der Waals surface area contributed by atoms with E-state index in [1.54, 1.807) is 0 Å². The fraction of sp³-hybridized carbons (Fsp3) is 0.0750. The molecule has 0 N–H and O–H groups in total. The van der Waals surface area contributed by atoms with Gasteiger partial charge in [-0.25, -0.2) is 4.98 Å². The molecule has 0 atom stereocenters. The molecule has 0 amide bonds. The second-order valence-corrected chi connectivity index (χ2v) is 13.2. The number of hydrogen-bond acceptors (Lipinski definition) is 3. The first-order valence-electron chi connectivity index (χ1n) is 15.1. The van der Waals surface area contributed by atoms with Crippen LogP contribution in [0.2, 0.25) is 0 Å². The lowest BCUT2D eigenvalue weighted by atomic mass is 9.74. The van der Waals surface area contributed by atoms with Gasteiger partial charge in [0.25, 0.3) is 0 Å². The van der Waals surface area contributed by atoms with Gasteiger partial charge in [-0.3, -0.25) is 9.97 Å². The molecule has 4 aromatic heterocycles. The van der Waals surface area contributed by atoms with Crippen molar-refractivity contribution in [3.8, 4) is 39.6 Å². The largest absolute Gasteiger partial charge is 0.309 e. The van der Waals surface area contributed by atoms with Crippen molar-refractivity contribution in [1.82, 2.24) is 19.5 Å². The number of aromatic nitrogens is 4. The van der Waals surface area contributed by atoms with E-state index in [-0.39, 0.29) is 5.41 Å². The molecule has 45 heavy (non-hydrogen) atoms. The third-order valence-corrected chi connectivity index (χ3v) is 9.77. The minimum Gasteiger partial charge on any atom is -0.309 e. The normalized spacial score (nSPS) is 13.4. The van der Waals surface area contributed by atoms with Crippen molar-refractivity contribution in [2.75, 3.05) is 0 Å². The van der Waals surface area contributed by atoms with Gasteiger partial charge in [0, 0.05) is 33.1 Å². The zero-order valence-electron chi connectivity index (χ0n) is 24.8. The molecule has 0 aliphatic carbocycles. The Morgan fingerprint density at radius 3 is 2.02 bits per heavy atom. The number of nitrogens with zero attached hydrogens (tertiary/aromatic N) is 4. The average Bonchev–Trinajstić information content (AvgIpc) is 3.42. The fourth-order valence-electron chi connectivity index (χ4n) is 7.15. The second kappa shape index (κ2) is 9.68. The molecular formula is C40H27BrN4.